The maximum Gasteiger partial charge on any atom is 0.311 e. The third-order valence-electron chi connectivity index (χ3n) is 3.75. The summed E-state index contributed by atoms with van der Waals surface area (Å²) in [5.41, 5.74) is 2.75. The van der Waals surface area contributed by atoms with Gasteiger partial charge in [-0.1, -0.05) is 33.8 Å². The molecule has 2 rings (SSSR count). The van der Waals surface area contributed by atoms with Crippen molar-refractivity contribution in [2.24, 2.45) is 13.0 Å². The Morgan fingerprint density at radius 3 is 2.40 bits per heavy atom. The maximum atomic E-state index is 11.4. The van der Waals surface area contributed by atoms with Crippen LogP contribution < -0.4 is 0 Å². The summed E-state index contributed by atoms with van der Waals surface area (Å²) in [5.74, 6) is 0.159. The first-order valence-corrected chi connectivity index (χ1v) is 7.02. The summed E-state index contributed by atoms with van der Waals surface area (Å²) in [5, 5.41) is 9.39. The molecule has 0 bridgehead atoms. The first kappa shape index (κ1) is 14.6. The summed E-state index contributed by atoms with van der Waals surface area (Å²) in [7, 11) is 2.00. The number of hydrogen-bond donors (Lipinski definition) is 1. The average molecular weight is 274 g/mol. The van der Waals surface area contributed by atoms with Gasteiger partial charge >= 0.3 is 5.97 Å². The number of aromatic nitrogens is 2. The highest BCUT2D eigenvalue weighted by Crippen LogP contribution is 2.28. The summed E-state index contributed by atoms with van der Waals surface area (Å²) in [6.45, 7) is 8.08. The molecule has 0 saturated carbocycles. The van der Waals surface area contributed by atoms with Crippen LogP contribution in [0.2, 0.25) is 0 Å². The Labute approximate surface area is 119 Å². The van der Waals surface area contributed by atoms with Gasteiger partial charge in [-0.15, -0.1) is 0 Å². The molecule has 0 spiro atoms. The number of nitrogens with zero attached hydrogens (tertiary/aromatic N) is 2. The summed E-state index contributed by atoms with van der Waals surface area (Å²) in [6.07, 6.45) is 0. The molecule has 1 atom stereocenters. The van der Waals surface area contributed by atoms with Crippen LogP contribution in [0, 0.1) is 5.92 Å². The number of carboxylic acid groups (broad SMARTS) is 1. The molecule has 1 N–H and O–H groups in total. The van der Waals surface area contributed by atoms with E-state index < -0.39 is 11.9 Å². The van der Waals surface area contributed by atoms with Crippen LogP contribution in [0.3, 0.4) is 0 Å². The maximum absolute atomic E-state index is 11.4. The largest absolute Gasteiger partial charge is 0.481 e. The lowest BCUT2D eigenvalue weighted by Gasteiger charge is -2.16. The quantitative estimate of drug-likeness (QED) is 0.928. The van der Waals surface area contributed by atoms with Crippen LogP contribution in [-0.4, -0.2) is 20.6 Å². The smallest absolute Gasteiger partial charge is 0.311 e. The standard InChI is InChI=1S/C16H22N2O2/c1-9(2)14(16(19)20)11-6-7-13-12(8-11)17-15(10(3)4)18(13)5/h6-10,14H,1-5H3,(H,19,20). The van der Waals surface area contributed by atoms with E-state index in [1.54, 1.807) is 0 Å². The number of fused-ring (bicyclic) bond motifs is 1. The van der Waals surface area contributed by atoms with Crippen LogP contribution in [0.5, 0.6) is 0 Å². The number of imidazole rings is 1. The average Bonchev–Trinajstić information content (AvgIpc) is 2.65. The van der Waals surface area contributed by atoms with Gasteiger partial charge in [0.15, 0.2) is 0 Å². The van der Waals surface area contributed by atoms with Crippen LogP contribution in [-0.2, 0) is 11.8 Å². The van der Waals surface area contributed by atoms with Crippen LogP contribution in [0.15, 0.2) is 18.2 Å². The van der Waals surface area contributed by atoms with E-state index in [0.717, 1.165) is 22.4 Å². The van der Waals surface area contributed by atoms with Crippen molar-refractivity contribution in [1.29, 1.82) is 0 Å². The molecule has 0 saturated heterocycles. The fourth-order valence-corrected chi connectivity index (χ4v) is 2.76. The lowest BCUT2D eigenvalue weighted by Crippen LogP contribution is -2.17. The van der Waals surface area contributed by atoms with Gasteiger partial charge in [0, 0.05) is 13.0 Å². The van der Waals surface area contributed by atoms with Crippen molar-refractivity contribution in [2.45, 2.75) is 39.5 Å². The Kier molecular flexibility index (Phi) is 3.84. The van der Waals surface area contributed by atoms with Gasteiger partial charge in [-0.25, -0.2) is 4.98 Å². The predicted octanol–water partition coefficient (Wildman–Crippen LogP) is 3.52. The van der Waals surface area contributed by atoms with E-state index >= 15 is 0 Å². The molecule has 1 aromatic heterocycles. The predicted molar refractivity (Wildman–Crippen MR) is 80.0 cm³/mol. The Morgan fingerprint density at radius 1 is 1.25 bits per heavy atom. The molecule has 0 aliphatic rings. The lowest BCUT2D eigenvalue weighted by molar-refractivity contribution is -0.139. The van der Waals surface area contributed by atoms with E-state index in [2.05, 4.69) is 23.4 Å². The first-order chi connectivity index (χ1) is 9.32. The molecule has 0 fully saturated rings. The van der Waals surface area contributed by atoms with Crippen LogP contribution >= 0.6 is 0 Å². The fourth-order valence-electron chi connectivity index (χ4n) is 2.76. The van der Waals surface area contributed by atoms with Gasteiger partial charge in [0.25, 0.3) is 0 Å². The second-order valence-corrected chi connectivity index (χ2v) is 5.99. The Balaban J connectivity index is 2.56. The van der Waals surface area contributed by atoms with Crippen LogP contribution in [0.1, 0.15) is 50.9 Å². The molecule has 0 radical (unpaired) electrons. The molecule has 108 valence electrons. The van der Waals surface area contributed by atoms with Crippen molar-refractivity contribution in [1.82, 2.24) is 9.55 Å². The summed E-state index contributed by atoms with van der Waals surface area (Å²) < 4.78 is 2.08. The highest BCUT2D eigenvalue weighted by atomic mass is 16.4. The number of benzene rings is 1. The third-order valence-corrected chi connectivity index (χ3v) is 3.75. The summed E-state index contributed by atoms with van der Waals surface area (Å²) in [4.78, 5) is 16.1. The van der Waals surface area contributed by atoms with Crippen molar-refractivity contribution in [2.75, 3.05) is 0 Å². The van der Waals surface area contributed by atoms with Gasteiger partial charge in [0.2, 0.25) is 0 Å². The highest BCUT2D eigenvalue weighted by Gasteiger charge is 2.24. The molecule has 0 aliphatic carbocycles. The molecule has 4 heteroatoms. The Hall–Kier alpha value is -1.84. The van der Waals surface area contributed by atoms with Crippen molar-refractivity contribution in [3.05, 3.63) is 29.6 Å². The zero-order valence-electron chi connectivity index (χ0n) is 12.7. The molecule has 0 aliphatic heterocycles. The number of carboxylic acids is 1. The number of carbonyl (C=O) groups is 1. The van der Waals surface area contributed by atoms with Crippen LogP contribution in [0.25, 0.3) is 11.0 Å². The van der Waals surface area contributed by atoms with Crippen molar-refractivity contribution >= 4 is 17.0 Å². The van der Waals surface area contributed by atoms with Gasteiger partial charge in [-0.3, -0.25) is 4.79 Å². The highest BCUT2D eigenvalue weighted by molar-refractivity contribution is 5.81. The summed E-state index contributed by atoms with van der Waals surface area (Å²) >= 11 is 0. The molecule has 2 aromatic rings. The molecule has 1 heterocycles. The molecule has 20 heavy (non-hydrogen) atoms. The summed E-state index contributed by atoms with van der Waals surface area (Å²) in [6, 6.07) is 5.80. The van der Waals surface area contributed by atoms with E-state index in [0.29, 0.717) is 5.92 Å². The second-order valence-electron chi connectivity index (χ2n) is 5.99. The number of aliphatic carboxylic acids is 1. The minimum atomic E-state index is -0.778. The topological polar surface area (TPSA) is 55.1 Å². The third kappa shape index (κ3) is 2.42. The van der Waals surface area contributed by atoms with Gasteiger partial charge < -0.3 is 9.67 Å². The zero-order valence-corrected chi connectivity index (χ0v) is 12.7. The SMILES string of the molecule is CC(C)c1nc2cc(C(C(=O)O)C(C)C)ccc2n1C. The van der Waals surface area contributed by atoms with Gasteiger partial charge in [0.05, 0.1) is 17.0 Å². The van der Waals surface area contributed by atoms with E-state index in [1.807, 2.05) is 39.1 Å². The van der Waals surface area contributed by atoms with Crippen molar-refractivity contribution < 1.29 is 9.90 Å². The fraction of sp³-hybridized carbons (Fsp3) is 0.500. The minimum Gasteiger partial charge on any atom is -0.481 e. The second kappa shape index (κ2) is 5.27. The lowest BCUT2D eigenvalue weighted by atomic mass is 9.88. The molecule has 4 nitrogen and oxygen atoms in total. The Bertz CT molecular complexity index is 641. The zero-order chi connectivity index (χ0) is 15.0. The molecule has 0 amide bonds. The molecular formula is C16H22N2O2. The Morgan fingerprint density at radius 2 is 1.90 bits per heavy atom. The van der Waals surface area contributed by atoms with Crippen molar-refractivity contribution in [3.8, 4) is 0 Å². The van der Waals surface area contributed by atoms with Gasteiger partial charge in [-0.05, 0) is 23.6 Å². The van der Waals surface area contributed by atoms with E-state index in [4.69, 9.17) is 0 Å². The molecular weight excluding hydrogens is 252 g/mol. The minimum absolute atomic E-state index is 0.0539. The number of aryl methyl sites for hydroxylation is 1. The van der Waals surface area contributed by atoms with Gasteiger partial charge in [-0.2, -0.15) is 0 Å². The normalized spacial score (nSPS) is 13.3. The van der Waals surface area contributed by atoms with E-state index in [9.17, 15) is 9.90 Å². The van der Waals surface area contributed by atoms with Crippen molar-refractivity contribution in [3.63, 3.8) is 0 Å². The number of rotatable bonds is 4. The van der Waals surface area contributed by atoms with E-state index in [-0.39, 0.29) is 5.92 Å². The number of hydrogen-bond acceptors (Lipinski definition) is 2. The van der Waals surface area contributed by atoms with Crippen LogP contribution in [0.4, 0.5) is 0 Å². The molecule has 1 unspecified atom stereocenters. The van der Waals surface area contributed by atoms with E-state index in [1.165, 1.54) is 0 Å². The monoisotopic (exact) mass is 274 g/mol. The first-order valence-electron chi connectivity index (χ1n) is 7.02. The molecule has 1 aromatic carbocycles. The van der Waals surface area contributed by atoms with Gasteiger partial charge in [0.1, 0.15) is 5.82 Å².